The fraction of sp³-hybridized carbons (Fsp3) is 0.357. The van der Waals surface area contributed by atoms with Crippen molar-refractivity contribution in [1.29, 1.82) is 0 Å². The van der Waals surface area contributed by atoms with Gasteiger partial charge in [0.05, 0.1) is 18.1 Å². The molecule has 0 aliphatic heterocycles. The summed E-state index contributed by atoms with van der Waals surface area (Å²) in [6.07, 6.45) is -0.629. The van der Waals surface area contributed by atoms with Crippen LogP contribution in [0.2, 0.25) is 0 Å². The fourth-order valence-corrected chi connectivity index (χ4v) is 1.77. The predicted octanol–water partition coefficient (Wildman–Crippen LogP) is 3.66. The molecule has 2 aromatic rings. The number of alkyl halides is 3. The quantitative estimate of drug-likeness (QED) is 0.884. The van der Waals surface area contributed by atoms with Crippen LogP contribution in [0.4, 0.5) is 18.9 Å². The highest BCUT2D eigenvalue weighted by Gasteiger charge is 2.28. The molecule has 2 aromatic heterocycles. The van der Waals surface area contributed by atoms with E-state index >= 15 is 0 Å². The van der Waals surface area contributed by atoms with Gasteiger partial charge in [-0.05, 0) is 25.1 Å². The van der Waals surface area contributed by atoms with Crippen molar-refractivity contribution in [2.45, 2.75) is 25.6 Å². The topological polar surface area (TPSA) is 47.3 Å². The van der Waals surface area contributed by atoms with Gasteiger partial charge < -0.3 is 14.5 Å². The summed E-state index contributed by atoms with van der Waals surface area (Å²) in [5.74, 6) is 0.796. The van der Waals surface area contributed by atoms with Gasteiger partial charge >= 0.3 is 6.18 Å². The fourth-order valence-electron chi connectivity index (χ4n) is 1.77. The molecule has 0 spiro atoms. The summed E-state index contributed by atoms with van der Waals surface area (Å²) in [5, 5.41) is 3.18. The van der Waals surface area contributed by atoms with Crippen LogP contribution < -0.4 is 10.1 Å². The first kappa shape index (κ1) is 15.2. The minimum Gasteiger partial charge on any atom is -0.469 e. The Morgan fingerprint density at radius 2 is 2.14 bits per heavy atom. The van der Waals surface area contributed by atoms with Gasteiger partial charge in [0.25, 0.3) is 0 Å². The van der Waals surface area contributed by atoms with E-state index in [0.717, 1.165) is 5.76 Å². The number of hydrogen-bond acceptors (Lipinski definition) is 4. The lowest BCUT2D eigenvalue weighted by molar-refractivity contribution is -0.154. The molecule has 1 N–H and O–H groups in total. The van der Waals surface area contributed by atoms with Crippen molar-refractivity contribution >= 4 is 5.69 Å². The third kappa shape index (κ3) is 5.37. The van der Waals surface area contributed by atoms with Crippen LogP contribution in [0.25, 0.3) is 0 Å². The second-order valence-corrected chi connectivity index (χ2v) is 4.62. The Kier molecular flexibility index (Phi) is 4.72. The standard InChI is InChI=1S/C14H15F3N2O2/c1-10(7-12-3-2-6-20-12)19-11-4-5-13(18-8-11)21-9-14(15,16)17/h2-6,8,10,19H,7,9H2,1H3. The maximum atomic E-state index is 12.0. The molecule has 2 rings (SSSR count). The molecule has 21 heavy (non-hydrogen) atoms. The predicted molar refractivity (Wildman–Crippen MR) is 71.3 cm³/mol. The van der Waals surface area contributed by atoms with Crippen LogP contribution >= 0.6 is 0 Å². The summed E-state index contributed by atoms with van der Waals surface area (Å²) in [6.45, 7) is 0.623. The Hall–Kier alpha value is -2.18. The molecule has 2 heterocycles. The number of halogens is 3. The highest BCUT2D eigenvalue weighted by Crippen LogP contribution is 2.18. The SMILES string of the molecule is CC(Cc1ccco1)Nc1ccc(OCC(F)(F)F)nc1. The Labute approximate surface area is 119 Å². The molecule has 0 bridgehead atoms. The van der Waals surface area contributed by atoms with E-state index in [4.69, 9.17) is 4.42 Å². The molecule has 0 amide bonds. The molecular formula is C14H15F3N2O2. The lowest BCUT2D eigenvalue weighted by atomic mass is 10.2. The van der Waals surface area contributed by atoms with Crippen molar-refractivity contribution in [3.63, 3.8) is 0 Å². The molecule has 0 aliphatic carbocycles. The van der Waals surface area contributed by atoms with Gasteiger partial charge in [-0.15, -0.1) is 0 Å². The number of nitrogens with one attached hydrogen (secondary N) is 1. The normalized spacial score (nSPS) is 13.0. The molecule has 0 fully saturated rings. The molecule has 4 nitrogen and oxygen atoms in total. The number of hydrogen-bond donors (Lipinski definition) is 1. The van der Waals surface area contributed by atoms with E-state index < -0.39 is 12.8 Å². The highest BCUT2D eigenvalue weighted by molar-refractivity contribution is 5.43. The van der Waals surface area contributed by atoms with E-state index in [-0.39, 0.29) is 11.9 Å². The van der Waals surface area contributed by atoms with Crippen molar-refractivity contribution in [3.05, 3.63) is 42.5 Å². The Morgan fingerprint density at radius 3 is 2.71 bits per heavy atom. The first-order valence-corrected chi connectivity index (χ1v) is 6.37. The van der Waals surface area contributed by atoms with Gasteiger partial charge in [0, 0.05) is 18.5 Å². The monoisotopic (exact) mass is 300 g/mol. The van der Waals surface area contributed by atoms with E-state index in [9.17, 15) is 13.2 Å². The zero-order chi connectivity index (χ0) is 15.3. The number of ether oxygens (including phenoxy) is 1. The molecule has 0 aromatic carbocycles. The maximum absolute atomic E-state index is 12.0. The van der Waals surface area contributed by atoms with Crippen molar-refractivity contribution < 1.29 is 22.3 Å². The summed E-state index contributed by atoms with van der Waals surface area (Å²) < 4.78 is 45.8. The van der Waals surface area contributed by atoms with Gasteiger partial charge in [-0.2, -0.15) is 13.2 Å². The molecule has 1 atom stereocenters. The van der Waals surface area contributed by atoms with Crippen molar-refractivity contribution in [2.24, 2.45) is 0 Å². The van der Waals surface area contributed by atoms with Crippen LogP contribution in [0.15, 0.2) is 41.1 Å². The van der Waals surface area contributed by atoms with Crippen LogP contribution in [-0.4, -0.2) is 23.8 Å². The number of anilines is 1. The molecule has 7 heteroatoms. The maximum Gasteiger partial charge on any atom is 0.422 e. The average molecular weight is 300 g/mol. The largest absolute Gasteiger partial charge is 0.469 e. The van der Waals surface area contributed by atoms with E-state index in [1.807, 2.05) is 19.1 Å². The minimum absolute atomic E-state index is 0.0587. The molecule has 0 aliphatic rings. The van der Waals surface area contributed by atoms with Gasteiger partial charge in [-0.3, -0.25) is 0 Å². The molecule has 0 saturated heterocycles. The van der Waals surface area contributed by atoms with Gasteiger partial charge in [-0.25, -0.2) is 4.98 Å². The highest BCUT2D eigenvalue weighted by atomic mass is 19.4. The molecule has 0 saturated carbocycles. The second kappa shape index (κ2) is 6.51. The summed E-state index contributed by atoms with van der Waals surface area (Å²) in [6, 6.07) is 6.81. The summed E-state index contributed by atoms with van der Waals surface area (Å²) in [4.78, 5) is 3.82. The number of rotatable bonds is 6. The Morgan fingerprint density at radius 1 is 1.33 bits per heavy atom. The van der Waals surface area contributed by atoms with E-state index in [2.05, 4.69) is 15.0 Å². The minimum atomic E-state index is -4.36. The number of pyridine rings is 1. The lowest BCUT2D eigenvalue weighted by Gasteiger charge is -2.14. The smallest absolute Gasteiger partial charge is 0.422 e. The molecular weight excluding hydrogens is 285 g/mol. The van der Waals surface area contributed by atoms with Crippen LogP contribution in [0.3, 0.4) is 0 Å². The second-order valence-electron chi connectivity index (χ2n) is 4.62. The third-order valence-corrected chi connectivity index (χ3v) is 2.62. The summed E-state index contributed by atoms with van der Waals surface area (Å²) in [5.41, 5.74) is 0.702. The summed E-state index contributed by atoms with van der Waals surface area (Å²) in [7, 11) is 0. The Bertz CT molecular complexity index is 538. The van der Waals surface area contributed by atoms with Crippen molar-refractivity contribution in [1.82, 2.24) is 4.98 Å². The van der Waals surface area contributed by atoms with Gasteiger partial charge in [0.2, 0.25) is 5.88 Å². The summed E-state index contributed by atoms with van der Waals surface area (Å²) >= 11 is 0. The van der Waals surface area contributed by atoms with Gasteiger partial charge in [0.15, 0.2) is 6.61 Å². The molecule has 1 unspecified atom stereocenters. The lowest BCUT2D eigenvalue weighted by Crippen LogP contribution is -2.20. The number of aromatic nitrogens is 1. The van der Waals surface area contributed by atoms with E-state index in [0.29, 0.717) is 12.1 Å². The molecule has 114 valence electrons. The van der Waals surface area contributed by atoms with E-state index in [1.54, 1.807) is 12.3 Å². The number of furan rings is 1. The Balaban J connectivity index is 1.84. The molecule has 0 radical (unpaired) electrons. The van der Waals surface area contributed by atoms with Gasteiger partial charge in [0.1, 0.15) is 5.76 Å². The van der Waals surface area contributed by atoms with Crippen molar-refractivity contribution in [3.8, 4) is 5.88 Å². The zero-order valence-corrected chi connectivity index (χ0v) is 11.4. The van der Waals surface area contributed by atoms with Crippen LogP contribution in [0.5, 0.6) is 5.88 Å². The number of nitrogens with zero attached hydrogens (tertiary/aromatic N) is 1. The van der Waals surface area contributed by atoms with Crippen LogP contribution in [-0.2, 0) is 6.42 Å². The van der Waals surface area contributed by atoms with Crippen molar-refractivity contribution in [2.75, 3.05) is 11.9 Å². The third-order valence-electron chi connectivity index (χ3n) is 2.62. The zero-order valence-electron chi connectivity index (χ0n) is 11.4. The van der Waals surface area contributed by atoms with Crippen LogP contribution in [0, 0.1) is 0 Å². The van der Waals surface area contributed by atoms with Gasteiger partial charge in [-0.1, -0.05) is 0 Å². The first-order chi connectivity index (χ1) is 9.92. The van der Waals surface area contributed by atoms with Crippen LogP contribution in [0.1, 0.15) is 12.7 Å². The first-order valence-electron chi connectivity index (χ1n) is 6.37. The van der Waals surface area contributed by atoms with E-state index in [1.165, 1.54) is 12.3 Å². The average Bonchev–Trinajstić information content (AvgIpc) is 2.89.